The highest BCUT2D eigenvalue weighted by Crippen LogP contribution is 2.30. The molecule has 2 aromatic rings. The van der Waals surface area contributed by atoms with E-state index in [1.165, 1.54) is 39.8 Å². The highest BCUT2D eigenvalue weighted by Gasteiger charge is 2.15. The quantitative estimate of drug-likeness (QED) is 0.387. The van der Waals surface area contributed by atoms with E-state index in [1.54, 1.807) is 0 Å². The molecule has 1 atom stereocenters. The van der Waals surface area contributed by atoms with Gasteiger partial charge in [0.15, 0.2) is 0 Å². The lowest BCUT2D eigenvalue weighted by molar-refractivity contribution is 0.378. The molecule has 0 amide bonds. The molecular weight excluding hydrogens is 360 g/mol. The Morgan fingerprint density at radius 1 is 0.767 bits per heavy atom. The zero-order chi connectivity index (χ0) is 22.5. The van der Waals surface area contributed by atoms with Crippen LogP contribution in [0.1, 0.15) is 83.6 Å². The molecule has 0 heterocycles. The molecule has 0 bridgehead atoms. The Bertz CT molecular complexity index is 833. The molecule has 0 saturated carbocycles. The number of benzene rings is 2. The maximum Gasteiger partial charge on any atom is 0.00173 e. The summed E-state index contributed by atoms with van der Waals surface area (Å²) in [6.45, 7) is 24.7. The third-order valence-corrected chi connectivity index (χ3v) is 6.18. The third-order valence-electron chi connectivity index (χ3n) is 6.18. The van der Waals surface area contributed by atoms with Crippen molar-refractivity contribution in [3.05, 3.63) is 89.5 Å². The zero-order valence-electron chi connectivity index (χ0n) is 20.4. The second-order valence-electron chi connectivity index (χ2n) is 11.1. The van der Waals surface area contributed by atoms with Crippen molar-refractivity contribution >= 4 is 5.57 Å². The smallest absolute Gasteiger partial charge is 0.00173 e. The van der Waals surface area contributed by atoms with Crippen LogP contribution in [0.25, 0.3) is 5.57 Å². The van der Waals surface area contributed by atoms with Gasteiger partial charge in [0.05, 0.1) is 0 Å². The minimum Gasteiger partial charge on any atom is -0.0992 e. The van der Waals surface area contributed by atoms with Gasteiger partial charge in [0.1, 0.15) is 0 Å². The van der Waals surface area contributed by atoms with Gasteiger partial charge in [-0.15, -0.1) is 0 Å². The Labute approximate surface area is 186 Å². The molecule has 2 rings (SSSR count). The molecular formula is C30H42. The molecule has 0 aliphatic carbocycles. The van der Waals surface area contributed by atoms with E-state index in [0.29, 0.717) is 11.3 Å². The number of hydrogen-bond donors (Lipinski definition) is 0. The molecule has 162 valence electrons. The predicted octanol–water partition coefficient (Wildman–Crippen LogP) is 8.80. The van der Waals surface area contributed by atoms with Gasteiger partial charge in [0, 0.05) is 5.92 Å². The summed E-state index contributed by atoms with van der Waals surface area (Å²) in [6, 6.07) is 18.1. The topological polar surface area (TPSA) is 0 Å². The van der Waals surface area contributed by atoms with Crippen LogP contribution in [-0.2, 0) is 18.3 Å². The second kappa shape index (κ2) is 9.82. The van der Waals surface area contributed by atoms with Gasteiger partial charge >= 0.3 is 0 Å². The Kier molecular flexibility index (Phi) is 7.92. The fourth-order valence-electron chi connectivity index (χ4n) is 3.59. The van der Waals surface area contributed by atoms with E-state index in [4.69, 9.17) is 0 Å². The molecule has 0 nitrogen and oxygen atoms in total. The van der Waals surface area contributed by atoms with Crippen LogP contribution in [0.5, 0.6) is 0 Å². The van der Waals surface area contributed by atoms with E-state index in [2.05, 4.69) is 110 Å². The summed E-state index contributed by atoms with van der Waals surface area (Å²) in [4.78, 5) is 0. The van der Waals surface area contributed by atoms with Crippen LogP contribution in [-0.4, -0.2) is 0 Å². The first-order valence-corrected chi connectivity index (χ1v) is 11.4. The molecule has 0 heteroatoms. The summed E-state index contributed by atoms with van der Waals surface area (Å²) >= 11 is 0. The van der Waals surface area contributed by atoms with Crippen LogP contribution in [0.3, 0.4) is 0 Å². The molecule has 2 aromatic carbocycles. The van der Waals surface area contributed by atoms with Crippen LogP contribution < -0.4 is 0 Å². The molecule has 0 fully saturated rings. The summed E-state index contributed by atoms with van der Waals surface area (Å²) in [6.07, 6.45) is 4.37. The Hall–Kier alpha value is -2.08. The number of aryl methyl sites for hydroxylation is 2. The van der Waals surface area contributed by atoms with Crippen LogP contribution in [0.4, 0.5) is 0 Å². The first kappa shape index (κ1) is 24.2. The average molecular weight is 403 g/mol. The van der Waals surface area contributed by atoms with Crippen LogP contribution in [0, 0.1) is 11.3 Å². The first-order chi connectivity index (χ1) is 13.9. The summed E-state index contributed by atoms with van der Waals surface area (Å²) in [5.41, 5.74) is 8.42. The van der Waals surface area contributed by atoms with Crippen molar-refractivity contribution in [3.63, 3.8) is 0 Å². The molecule has 30 heavy (non-hydrogen) atoms. The van der Waals surface area contributed by atoms with Crippen LogP contribution in [0.2, 0.25) is 0 Å². The number of hydrogen-bond acceptors (Lipinski definition) is 0. The van der Waals surface area contributed by atoms with E-state index in [9.17, 15) is 0 Å². The van der Waals surface area contributed by atoms with Crippen molar-refractivity contribution in [2.75, 3.05) is 0 Å². The second-order valence-corrected chi connectivity index (χ2v) is 11.1. The number of rotatable bonds is 8. The highest BCUT2D eigenvalue weighted by molar-refractivity contribution is 5.67. The molecule has 0 aliphatic rings. The Morgan fingerprint density at radius 2 is 1.27 bits per heavy atom. The molecule has 0 spiro atoms. The molecule has 0 saturated heterocycles. The van der Waals surface area contributed by atoms with Gasteiger partial charge in [-0.2, -0.15) is 0 Å². The van der Waals surface area contributed by atoms with E-state index in [0.717, 1.165) is 19.3 Å². The SMILES string of the molecule is C=C(CCc1ccc(C(C)(C)C)cc1)C(C)C(=C)c1ccc(CCC(C)(C)C)cc1. The monoisotopic (exact) mass is 402 g/mol. The Morgan fingerprint density at radius 3 is 1.77 bits per heavy atom. The third kappa shape index (κ3) is 7.31. The minimum absolute atomic E-state index is 0.205. The van der Waals surface area contributed by atoms with E-state index in [-0.39, 0.29) is 5.41 Å². The van der Waals surface area contributed by atoms with Gasteiger partial charge in [-0.05, 0) is 64.3 Å². The molecule has 0 radical (unpaired) electrons. The molecule has 1 unspecified atom stereocenters. The first-order valence-electron chi connectivity index (χ1n) is 11.4. The van der Waals surface area contributed by atoms with Crippen molar-refractivity contribution in [1.29, 1.82) is 0 Å². The van der Waals surface area contributed by atoms with Gasteiger partial charge in [-0.1, -0.05) is 116 Å². The van der Waals surface area contributed by atoms with Crippen molar-refractivity contribution in [3.8, 4) is 0 Å². The lowest BCUT2D eigenvalue weighted by atomic mass is 9.85. The average Bonchev–Trinajstić information content (AvgIpc) is 2.69. The fourth-order valence-corrected chi connectivity index (χ4v) is 3.59. The van der Waals surface area contributed by atoms with Crippen molar-refractivity contribution in [2.24, 2.45) is 11.3 Å². The Balaban J connectivity index is 1.91. The minimum atomic E-state index is 0.205. The normalized spacial score (nSPS) is 13.2. The summed E-state index contributed by atoms with van der Waals surface area (Å²) in [5, 5.41) is 0. The van der Waals surface area contributed by atoms with Gasteiger partial charge in [-0.25, -0.2) is 0 Å². The van der Waals surface area contributed by atoms with Gasteiger partial charge in [-0.3, -0.25) is 0 Å². The summed E-state index contributed by atoms with van der Waals surface area (Å²) in [7, 11) is 0. The van der Waals surface area contributed by atoms with Crippen molar-refractivity contribution in [2.45, 2.75) is 79.6 Å². The molecule has 0 aliphatic heterocycles. The lowest BCUT2D eigenvalue weighted by Crippen LogP contribution is -2.10. The van der Waals surface area contributed by atoms with Crippen LogP contribution >= 0.6 is 0 Å². The lowest BCUT2D eigenvalue weighted by Gasteiger charge is -2.20. The van der Waals surface area contributed by atoms with Crippen molar-refractivity contribution in [1.82, 2.24) is 0 Å². The highest BCUT2D eigenvalue weighted by atomic mass is 14.2. The van der Waals surface area contributed by atoms with Gasteiger partial charge < -0.3 is 0 Å². The van der Waals surface area contributed by atoms with Gasteiger partial charge in [0.25, 0.3) is 0 Å². The predicted molar refractivity (Wildman–Crippen MR) is 135 cm³/mol. The van der Waals surface area contributed by atoms with E-state index in [1.807, 2.05) is 0 Å². The largest absolute Gasteiger partial charge is 0.0992 e. The van der Waals surface area contributed by atoms with E-state index < -0.39 is 0 Å². The summed E-state index contributed by atoms with van der Waals surface area (Å²) < 4.78 is 0. The number of allylic oxidation sites excluding steroid dienone is 2. The van der Waals surface area contributed by atoms with Gasteiger partial charge in [0.2, 0.25) is 0 Å². The molecule has 0 N–H and O–H groups in total. The maximum absolute atomic E-state index is 4.39. The fraction of sp³-hybridized carbons (Fsp3) is 0.467. The molecule has 0 aromatic heterocycles. The zero-order valence-corrected chi connectivity index (χ0v) is 20.4. The van der Waals surface area contributed by atoms with Crippen molar-refractivity contribution < 1.29 is 0 Å². The van der Waals surface area contributed by atoms with Crippen LogP contribution in [0.15, 0.2) is 67.3 Å². The standard InChI is InChI=1S/C30H42/c1-22(10-11-25-14-18-28(19-15-25)30(7,8)9)23(2)24(3)27-16-12-26(13-17-27)20-21-29(4,5)6/h12-19,23H,1,3,10-11,20-21H2,2,4-9H3. The summed E-state index contributed by atoms with van der Waals surface area (Å²) in [5.74, 6) is 0.291. The maximum atomic E-state index is 4.39. The van der Waals surface area contributed by atoms with E-state index >= 15 is 0 Å².